The van der Waals surface area contributed by atoms with Crippen molar-refractivity contribution in [3.8, 4) is 0 Å². The van der Waals surface area contributed by atoms with E-state index >= 15 is 0 Å². The van der Waals surface area contributed by atoms with Gasteiger partial charge in [-0.05, 0) is 46.9 Å². The van der Waals surface area contributed by atoms with Gasteiger partial charge in [-0.25, -0.2) is 4.39 Å². The fourth-order valence-electron chi connectivity index (χ4n) is 2.37. The first-order chi connectivity index (χ1) is 11.1. The summed E-state index contributed by atoms with van der Waals surface area (Å²) in [7, 11) is 1.53. The molecule has 6 heteroatoms. The molecular weight excluding hydrogens is 428 g/mol. The van der Waals surface area contributed by atoms with Gasteiger partial charge in [0.15, 0.2) is 0 Å². The predicted octanol–water partition coefficient (Wildman–Crippen LogP) is 5.04. The lowest BCUT2D eigenvalue weighted by atomic mass is 10.1. The van der Waals surface area contributed by atoms with Crippen LogP contribution in [0.1, 0.15) is 15.2 Å². The predicted molar refractivity (Wildman–Crippen MR) is 99.6 cm³/mol. The number of rotatable bonds is 4. The molecule has 1 aromatic heterocycles. The molecule has 0 saturated carbocycles. The first kappa shape index (κ1) is 16.4. The van der Waals surface area contributed by atoms with E-state index in [1.165, 1.54) is 24.5 Å². The fraction of sp³-hybridized carbons (Fsp3) is 0.118. The second-order valence-corrected chi connectivity index (χ2v) is 7.10. The van der Waals surface area contributed by atoms with E-state index in [2.05, 4.69) is 27.9 Å². The lowest BCUT2D eigenvalue weighted by molar-refractivity contribution is 0.102. The Morgan fingerprint density at radius 1 is 1.26 bits per heavy atom. The van der Waals surface area contributed by atoms with Gasteiger partial charge in [0.2, 0.25) is 0 Å². The number of fused-ring (bicyclic) bond motifs is 1. The number of benzene rings is 2. The molecule has 3 aromatic rings. The second-order valence-electron chi connectivity index (χ2n) is 4.89. The highest BCUT2D eigenvalue weighted by atomic mass is 127. The molecule has 118 valence electrons. The first-order valence-corrected chi connectivity index (χ1v) is 8.76. The van der Waals surface area contributed by atoms with Crippen LogP contribution in [0.5, 0.6) is 0 Å². The van der Waals surface area contributed by atoms with Crippen molar-refractivity contribution >= 4 is 55.6 Å². The number of carbonyl (C=O) groups excluding carboxylic acids is 1. The summed E-state index contributed by atoms with van der Waals surface area (Å²) < 4.78 is 21.0. The summed E-state index contributed by atoms with van der Waals surface area (Å²) >= 11 is 3.44. The lowest BCUT2D eigenvalue weighted by Gasteiger charge is -2.08. The van der Waals surface area contributed by atoms with E-state index < -0.39 is 0 Å². The van der Waals surface area contributed by atoms with Crippen molar-refractivity contribution in [3.63, 3.8) is 0 Å². The minimum atomic E-state index is -0.334. The maximum absolute atomic E-state index is 14.2. The number of amides is 1. The van der Waals surface area contributed by atoms with E-state index in [4.69, 9.17) is 4.74 Å². The molecule has 1 N–H and O–H groups in total. The summed E-state index contributed by atoms with van der Waals surface area (Å²) in [6, 6.07) is 12.4. The molecule has 0 spiro atoms. The van der Waals surface area contributed by atoms with E-state index in [9.17, 15) is 9.18 Å². The van der Waals surface area contributed by atoms with E-state index in [0.29, 0.717) is 15.8 Å². The molecule has 0 bridgehead atoms. The zero-order valence-corrected chi connectivity index (χ0v) is 15.2. The first-order valence-electron chi connectivity index (χ1n) is 6.86. The second kappa shape index (κ2) is 6.94. The molecule has 3 nitrogen and oxygen atoms in total. The normalized spacial score (nSPS) is 10.9. The Kier molecular flexibility index (Phi) is 4.93. The third kappa shape index (κ3) is 3.24. The van der Waals surface area contributed by atoms with E-state index in [1.807, 2.05) is 30.3 Å². The van der Waals surface area contributed by atoms with Crippen molar-refractivity contribution in [3.05, 3.63) is 62.3 Å². The van der Waals surface area contributed by atoms with Crippen molar-refractivity contribution in [2.75, 3.05) is 12.4 Å². The van der Waals surface area contributed by atoms with Gasteiger partial charge < -0.3 is 10.1 Å². The standard InChI is InChI=1S/C17H13FINO2S/c1-22-9-10-15-11(18)5-4-8-14(15)23-16(10)17(21)20-13-7-3-2-6-12(13)19/h2-8H,9H2,1H3,(H,20,21). The zero-order valence-electron chi connectivity index (χ0n) is 12.2. The summed E-state index contributed by atoms with van der Waals surface area (Å²) in [5.74, 6) is -0.582. The largest absolute Gasteiger partial charge is 0.380 e. The molecular formula is C17H13FINO2S. The highest BCUT2D eigenvalue weighted by molar-refractivity contribution is 14.1. The van der Waals surface area contributed by atoms with Crippen molar-refractivity contribution in [1.29, 1.82) is 0 Å². The van der Waals surface area contributed by atoms with Crippen LogP contribution in [-0.2, 0) is 11.3 Å². The number of hydrogen-bond donors (Lipinski definition) is 1. The number of thiophene rings is 1. The molecule has 2 aromatic carbocycles. The molecule has 0 atom stereocenters. The van der Waals surface area contributed by atoms with Crippen LogP contribution in [0, 0.1) is 9.39 Å². The maximum Gasteiger partial charge on any atom is 0.266 e. The number of hydrogen-bond acceptors (Lipinski definition) is 3. The minimum absolute atomic E-state index is 0.190. The molecule has 3 rings (SSSR count). The Morgan fingerprint density at radius 2 is 2.04 bits per heavy atom. The minimum Gasteiger partial charge on any atom is -0.380 e. The van der Waals surface area contributed by atoms with E-state index in [-0.39, 0.29) is 18.3 Å². The van der Waals surface area contributed by atoms with Gasteiger partial charge in [-0.1, -0.05) is 18.2 Å². The number of anilines is 1. The average molecular weight is 441 g/mol. The van der Waals surface area contributed by atoms with Crippen LogP contribution >= 0.6 is 33.9 Å². The van der Waals surface area contributed by atoms with Crippen LogP contribution in [0.3, 0.4) is 0 Å². The van der Waals surface area contributed by atoms with Gasteiger partial charge in [0.1, 0.15) is 5.82 Å². The summed E-state index contributed by atoms with van der Waals surface area (Å²) in [6.07, 6.45) is 0. The summed E-state index contributed by atoms with van der Waals surface area (Å²) in [5.41, 5.74) is 1.33. The number of nitrogens with one attached hydrogen (secondary N) is 1. The van der Waals surface area contributed by atoms with Gasteiger partial charge >= 0.3 is 0 Å². The van der Waals surface area contributed by atoms with Gasteiger partial charge in [0.25, 0.3) is 5.91 Å². The highest BCUT2D eigenvalue weighted by Crippen LogP contribution is 2.34. The van der Waals surface area contributed by atoms with Crippen molar-refractivity contribution < 1.29 is 13.9 Å². The average Bonchev–Trinajstić information content (AvgIpc) is 2.90. The van der Waals surface area contributed by atoms with Crippen LogP contribution in [0.4, 0.5) is 10.1 Å². The van der Waals surface area contributed by atoms with E-state index in [1.54, 1.807) is 6.07 Å². The highest BCUT2D eigenvalue weighted by Gasteiger charge is 2.21. The molecule has 0 fully saturated rings. The quantitative estimate of drug-likeness (QED) is 0.576. The fourth-order valence-corrected chi connectivity index (χ4v) is 4.01. The van der Waals surface area contributed by atoms with Crippen molar-refractivity contribution in [1.82, 2.24) is 0 Å². The topological polar surface area (TPSA) is 38.3 Å². The zero-order chi connectivity index (χ0) is 16.4. The Balaban J connectivity index is 2.05. The molecule has 1 amide bonds. The number of ether oxygens (including phenoxy) is 1. The Bertz CT molecular complexity index is 878. The molecule has 0 aliphatic carbocycles. The number of halogens is 2. The van der Waals surface area contributed by atoms with Crippen LogP contribution in [0.2, 0.25) is 0 Å². The van der Waals surface area contributed by atoms with Gasteiger partial charge in [0, 0.05) is 26.3 Å². The van der Waals surface area contributed by atoms with Crippen molar-refractivity contribution in [2.24, 2.45) is 0 Å². The number of carbonyl (C=O) groups is 1. The Labute approximate surface area is 150 Å². The van der Waals surface area contributed by atoms with Crippen LogP contribution < -0.4 is 5.32 Å². The summed E-state index contributed by atoms with van der Waals surface area (Å²) in [5, 5.41) is 3.36. The molecule has 0 radical (unpaired) electrons. The van der Waals surface area contributed by atoms with Crippen LogP contribution in [0.15, 0.2) is 42.5 Å². The third-order valence-corrected chi connectivity index (χ3v) is 5.52. The van der Waals surface area contributed by atoms with Gasteiger partial charge in [-0.15, -0.1) is 11.3 Å². The van der Waals surface area contributed by atoms with Crippen LogP contribution in [0.25, 0.3) is 10.1 Å². The molecule has 0 aliphatic heterocycles. The smallest absolute Gasteiger partial charge is 0.266 e. The van der Waals surface area contributed by atoms with Gasteiger partial charge in [-0.3, -0.25) is 4.79 Å². The molecule has 0 saturated heterocycles. The lowest BCUT2D eigenvalue weighted by Crippen LogP contribution is -2.13. The summed E-state index contributed by atoms with van der Waals surface area (Å²) in [4.78, 5) is 13.1. The monoisotopic (exact) mass is 441 g/mol. The number of methoxy groups -OCH3 is 1. The molecule has 0 unspecified atom stereocenters. The van der Waals surface area contributed by atoms with Crippen molar-refractivity contribution in [2.45, 2.75) is 6.61 Å². The van der Waals surface area contributed by atoms with E-state index in [0.717, 1.165) is 14.0 Å². The molecule has 23 heavy (non-hydrogen) atoms. The Hall–Kier alpha value is -1.51. The summed E-state index contributed by atoms with van der Waals surface area (Å²) in [6.45, 7) is 0.190. The van der Waals surface area contributed by atoms with Gasteiger partial charge in [-0.2, -0.15) is 0 Å². The Morgan fingerprint density at radius 3 is 2.78 bits per heavy atom. The maximum atomic E-state index is 14.2. The van der Waals surface area contributed by atoms with Gasteiger partial charge in [0.05, 0.1) is 17.2 Å². The molecule has 1 heterocycles. The third-order valence-electron chi connectivity index (χ3n) is 3.38. The molecule has 0 aliphatic rings. The SMILES string of the molecule is COCc1c(C(=O)Nc2ccccc2I)sc2cccc(F)c12. The number of para-hydroxylation sites is 1. The van der Waals surface area contributed by atoms with Crippen LogP contribution in [-0.4, -0.2) is 13.0 Å².